The average Bonchev–Trinajstić information content (AvgIpc) is 3.17. The summed E-state index contributed by atoms with van der Waals surface area (Å²) in [6, 6.07) is 12.8. The molecule has 1 amide bonds. The number of sulfone groups is 1. The Bertz CT molecular complexity index is 1200. The third-order valence-electron chi connectivity index (χ3n) is 4.18. The topological polar surface area (TPSA) is 102 Å². The molecule has 0 aliphatic carbocycles. The van der Waals surface area contributed by atoms with Crippen molar-refractivity contribution in [3.8, 4) is 0 Å². The third-order valence-corrected chi connectivity index (χ3v) is 5.93. The van der Waals surface area contributed by atoms with Crippen LogP contribution >= 0.6 is 0 Å². The van der Waals surface area contributed by atoms with Crippen LogP contribution in [-0.4, -0.2) is 24.3 Å². The Kier molecular flexibility index (Phi) is 4.62. The normalized spacial score (nSPS) is 11.4. The maximum atomic E-state index is 12.6. The summed E-state index contributed by atoms with van der Waals surface area (Å²) in [5, 5.41) is 3.55. The van der Waals surface area contributed by atoms with E-state index in [1.165, 1.54) is 30.6 Å². The van der Waals surface area contributed by atoms with Gasteiger partial charge >= 0.3 is 0 Å². The summed E-state index contributed by atoms with van der Waals surface area (Å²) in [6.45, 7) is 0.237. The Hall–Kier alpha value is -3.52. The average molecular weight is 393 g/mol. The van der Waals surface area contributed by atoms with Gasteiger partial charge in [0.1, 0.15) is 0 Å². The van der Waals surface area contributed by atoms with Gasteiger partial charge in [-0.1, -0.05) is 12.1 Å². The van der Waals surface area contributed by atoms with Crippen molar-refractivity contribution in [3.05, 3.63) is 84.6 Å². The predicted octanol–water partition coefficient (Wildman–Crippen LogP) is 2.99. The van der Waals surface area contributed by atoms with E-state index in [2.05, 4.69) is 15.3 Å². The van der Waals surface area contributed by atoms with E-state index in [4.69, 9.17) is 4.42 Å². The summed E-state index contributed by atoms with van der Waals surface area (Å²) in [5.74, 6) is -0.165. The lowest BCUT2D eigenvalue weighted by Crippen LogP contribution is -2.22. The molecule has 3 heterocycles. The van der Waals surface area contributed by atoms with E-state index in [-0.39, 0.29) is 28.0 Å². The molecule has 8 heteroatoms. The number of furan rings is 1. The number of hydrogen-bond donors (Lipinski definition) is 1. The second-order valence-electron chi connectivity index (χ2n) is 6.04. The molecule has 0 saturated carbocycles. The summed E-state index contributed by atoms with van der Waals surface area (Å²) in [5.41, 5.74) is 1.30. The first-order chi connectivity index (χ1) is 13.5. The van der Waals surface area contributed by atoms with Gasteiger partial charge in [0.15, 0.2) is 11.3 Å². The van der Waals surface area contributed by atoms with Crippen LogP contribution in [0.25, 0.3) is 11.0 Å². The molecule has 4 rings (SSSR count). The fraction of sp³-hybridized carbons (Fsp3) is 0.0500. The molecule has 0 radical (unpaired) electrons. The van der Waals surface area contributed by atoms with Gasteiger partial charge in [-0.25, -0.2) is 8.42 Å². The maximum absolute atomic E-state index is 12.6. The van der Waals surface area contributed by atoms with Crippen LogP contribution in [0.3, 0.4) is 0 Å². The van der Waals surface area contributed by atoms with Crippen molar-refractivity contribution in [2.24, 2.45) is 0 Å². The van der Waals surface area contributed by atoms with Gasteiger partial charge in [0.2, 0.25) is 9.84 Å². The van der Waals surface area contributed by atoms with Gasteiger partial charge in [0, 0.05) is 30.5 Å². The molecular formula is C20H15N3O4S. The van der Waals surface area contributed by atoms with Crippen molar-refractivity contribution in [3.63, 3.8) is 0 Å². The number of pyridine rings is 2. The van der Waals surface area contributed by atoms with Crippen LogP contribution in [0.15, 0.2) is 87.5 Å². The van der Waals surface area contributed by atoms with Crippen LogP contribution in [0, 0.1) is 0 Å². The molecule has 0 aliphatic heterocycles. The van der Waals surface area contributed by atoms with Crippen LogP contribution in [-0.2, 0) is 16.4 Å². The zero-order valence-electron chi connectivity index (χ0n) is 14.6. The molecule has 140 valence electrons. The molecule has 0 bridgehead atoms. The highest BCUT2D eigenvalue weighted by Gasteiger charge is 2.17. The lowest BCUT2D eigenvalue weighted by Gasteiger charge is -2.07. The van der Waals surface area contributed by atoms with Crippen LogP contribution < -0.4 is 5.32 Å². The molecule has 4 aromatic rings. The zero-order chi connectivity index (χ0) is 19.6. The van der Waals surface area contributed by atoms with E-state index in [0.717, 1.165) is 10.9 Å². The van der Waals surface area contributed by atoms with Gasteiger partial charge in [-0.15, -0.1) is 0 Å². The number of nitrogens with zero attached hydrogens (tertiary/aromatic N) is 2. The number of rotatable bonds is 5. The van der Waals surface area contributed by atoms with Gasteiger partial charge in [-0.05, 0) is 42.0 Å². The first-order valence-corrected chi connectivity index (χ1v) is 9.88. The number of carbonyl (C=O) groups excluding carboxylic acids is 1. The molecule has 1 aromatic carbocycles. The highest BCUT2D eigenvalue weighted by atomic mass is 32.2. The lowest BCUT2D eigenvalue weighted by molar-refractivity contribution is 0.0925. The van der Waals surface area contributed by atoms with Crippen LogP contribution in [0.2, 0.25) is 0 Å². The van der Waals surface area contributed by atoms with Gasteiger partial charge in [0.25, 0.3) is 5.91 Å². The molecule has 3 aromatic heterocycles. The first-order valence-electron chi connectivity index (χ1n) is 8.40. The summed E-state index contributed by atoms with van der Waals surface area (Å²) in [4.78, 5) is 20.4. The third kappa shape index (κ3) is 3.49. The SMILES string of the molecule is O=C(NCc1ccc(S(=O)(=O)c2cccnc2)cc1)c1cc2ccncc2o1. The molecule has 0 saturated heterocycles. The van der Waals surface area contributed by atoms with Crippen LogP contribution in [0.5, 0.6) is 0 Å². The summed E-state index contributed by atoms with van der Waals surface area (Å²) < 4.78 is 30.6. The number of benzene rings is 1. The Balaban J connectivity index is 1.45. The molecule has 0 aliphatic rings. The van der Waals surface area contributed by atoms with Gasteiger partial charge in [-0.3, -0.25) is 14.8 Å². The Morgan fingerprint density at radius 3 is 2.46 bits per heavy atom. The quantitative estimate of drug-likeness (QED) is 0.559. The molecule has 0 spiro atoms. The van der Waals surface area contributed by atoms with Gasteiger partial charge in [0.05, 0.1) is 16.0 Å². The number of hydrogen-bond acceptors (Lipinski definition) is 6. The van der Waals surface area contributed by atoms with Crippen molar-refractivity contribution in [1.29, 1.82) is 0 Å². The predicted molar refractivity (Wildman–Crippen MR) is 101 cm³/mol. The Morgan fingerprint density at radius 2 is 1.75 bits per heavy atom. The first kappa shape index (κ1) is 17.9. The second kappa shape index (κ2) is 7.24. The summed E-state index contributed by atoms with van der Waals surface area (Å²) in [6.07, 6.45) is 6.00. The van der Waals surface area contributed by atoms with Gasteiger partial charge in [-0.2, -0.15) is 0 Å². The fourth-order valence-corrected chi connectivity index (χ4v) is 3.92. The fourth-order valence-electron chi connectivity index (χ4n) is 2.69. The van der Waals surface area contributed by atoms with E-state index in [1.54, 1.807) is 42.7 Å². The van der Waals surface area contributed by atoms with E-state index in [9.17, 15) is 13.2 Å². The number of carbonyl (C=O) groups is 1. The zero-order valence-corrected chi connectivity index (χ0v) is 15.4. The molecule has 7 nitrogen and oxygen atoms in total. The monoisotopic (exact) mass is 393 g/mol. The van der Waals surface area contributed by atoms with E-state index >= 15 is 0 Å². The number of amides is 1. The minimum Gasteiger partial charge on any atom is -0.449 e. The minimum atomic E-state index is -3.62. The summed E-state index contributed by atoms with van der Waals surface area (Å²) in [7, 11) is -3.62. The van der Waals surface area contributed by atoms with Crippen molar-refractivity contribution >= 4 is 26.7 Å². The molecular weight excluding hydrogens is 378 g/mol. The molecule has 28 heavy (non-hydrogen) atoms. The van der Waals surface area contributed by atoms with Crippen molar-refractivity contribution in [2.45, 2.75) is 16.3 Å². The molecule has 0 fully saturated rings. The number of fused-ring (bicyclic) bond motifs is 1. The smallest absolute Gasteiger partial charge is 0.287 e. The Labute approximate surface area is 161 Å². The van der Waals surface area contributed by atoms with Crippen LogP contribution in [0.1, 0.15) is 16.1 Å². The highest BCUT2D eigenvalue weighted by Crippen LogP contribution is 2.20. The summed E-state index contributed by atoms with van der Waals surface area (Å²) >= 11 is 0. The standard InChI is InChI=1S/C20H15N3O4S/c24-20(18-10-15-7-9-22-13-19(15)27-18)23-11-14-3-5-16(6-4-14)28(25,26)17-2-1-8-21-12-17/h1-10,12-13H,11H2,(H,23,24). The largest absolute Gasteiger partial charge is 0.449 e. The van der Waals surface area contributed by atoms with E-state index in [1.807, 2.05) is 0 Å². The van der Waals surface area contributed by atoms with Crippen molar-refractivity contribution in [2.75, 3.05) is 0 Å². The van der Waals surface area contributed by atoms with Crippen LogP contribution in [0.4, 0.5) is 0 Å². The molecule has 1 N–H and O–H groups in total. The van der Waals surface area contributed by atoms with Crippen molar-refractivity contribution in [1.82, 2.24) is 15.3 Å². The highest BCUT2D eigenvalue weighted by molar-refractivity contribution is 7.91. The molecule has 0 unspecified atom stereocenters. The lowest BCUT2D eigenvalue weighted by atomic mass is 10.2. The van der Waals surface area contributed by atoms with Gasteiger partial charge < -0.3 is 9.73 Å². The van der Waals surface area contributed by atoms with E-state index in [0.29, 0.717) is 5.58 Å². The minimum absolute atomic E-state index is 0.135. The molecule has 0 atom stereocenters. The van der Waals surface area contributed by atoms with Crippen molar-refractivity contribution < 1.29 is 17.6 Å². The Morgan fingerprint density at radius 1 is 0.964 bits per heavy atom. The number of nitrogens with one attached hydrogen (secondary N) is 1. The van der Waals surface area contributed by atoms with E-state index < -0.39 is 9.84 Å². The maximum Gasteiger partial charge on any atom is 0.287 e. The number of aromatic nitrogens is 2. The second-order valence-corrected chi connectivity index (χ2v) is 7.99.